The van der Waals surface area contributed by atoms with Crippen molar-refractivity contribution in [3.63, 3.8) is 0 Å². The van der Waals surface area contributed by atoms with Gasteiger partial charge in [0.15, 0.2) is 6.29 Å². The van der Waals surface area contributed by atoms with Crippen molar-refractivity contribution in [2.24, 2.45) is 0 Å². The van der Waals surface area contributed by atoms with Gasteiger partial charge in [-0.2, -0.15) is 0 Å². The topological polar surface area (TPSA) is 98.5 Å². The highest BCUT2D eigenvalue weighted by Gasteiger charge is 2.51. The molecule has 0 unspecified atom stereocenters. The van der Waals surface area contributed by atoms with Gasteiger partial charge in [0.05, 0.1) is 33.0 Å². The van der Waals surface area contributed by atoms with Gasteiger partial charge in [-0.25, -0.2) is 0 Å². The zero-order valence-electron chi connectivity index (χ0n) is 27.7. The smallest absolute Gasteiger partial charge is 0.238 e. The summed E-state index contributed by atoms with van der Waals surface area (Å²) in [4.78, 5) is 11.9. The average molecular weight is 668 g/mol. The summed E-state index contributed by atoms with van der Waals surface area (Å²) < 4.78 is 39.7. The minimum absolute atomic E-state index is 0.189. The standard InChI is InChI=1S/C40H45NO8/c42-41(43)34-23-13-14-24-35(34)48-40-39(47-28-33-21-11-4-12-22-33)38(46-27-32-19-9-3-10-20-32)37(45-26-31-17-7-2-8-18-31)36(49-40)29-44-25-30-15-5-1-6-16-30/h1-12,15-22,34-40H,13-14,23-29H2/t34-,35+,36-,37-,38+,39-,40+/m1/s1. The molecule has 1 saturated carbocycles. The first-order valence-electron chi connectivity index (χ1n) is 17.2. The van der Waals surface area contributed by atoms with Gasteiger partial charge in [-0.3, -0.25) is 10.1 Å². The summed E-state index contributed by atoms with van der Waals surface area (Å²) in [5, 5.41) is 12.1. The third kappa shape index (κ3) is 10.0. The maximum absolute atomic E-state index is 12.1. The number of nitro groups is 1. The Balaban J connectivity index is 1.32. The molecule has 4 aromatic carbocycles. The second-order valence-electron chi connectivity index (χ2n) is 12.6. The first-order chi connectivity index (χ1) is 24.1. The summed E-state index contributed by atoms with van der Waals surface area (Å²) in [6.07, 6.45) is -1.58. The van der Waals surface area contributed by atoms with Crippen molar-refractivity contribution >= 4 is 0 Å². The highest BCUT2D eigenvalue weighted by Crippen LogP contribution is 2.34. The summed E-state index contributed by atoms with van der Waals surface area (Å²) in [5.74, 6) is 0. The molecule has 1 aliphatic carbocycles. The number of hydrogen-bond donors (Lipinski definition) is 0. The highest BCUT2D eigenvalue weighted by atomic mass is 16.7. The van der Waals surface area contributed by atoms with E-state index in [9.17, 15) is 10.1 Å². The minimum atomic E-state index is -0.961. The van der Waals surface area contributed by atoms with Crippen molar-refractivity contribution in [1.82, 2.24) is 0 Å². The maximum Gasteiger partial charge on any atom is 0.238 e. The van der Waals surface area contributed by atoms with E-state index in [0.29, 0.717) is 32.7 Å². The van der Waals surface area contributed by atoms with Crippen LogP contribution in [0.1, 0.15) is 47.9 Å². The Morgan fingerprint density at radius 2 is 1.04 bits per heavy atom. The zero-order chi connectivity index (χ0) is 33.7. The van der Waals surface area contributed by atoms with E-state index in [1.807, 2.05) is 121 Å². The second kappa shape index (κ2) is 18.2. The van der Waals surface area contributed by atoms with E-state index < -0.39 is 42.9 Å². The molecule has 49 heavy (non-hydrogen) atoms. The molecule has 1 saturated heterocycles. The van der Waals surface area contributed by atoms with Crippen molar-refractivity contribution in [3.05, 3.63) is 154 Å². The molecule has 6 rings (SSSR count). The summed E-state index contributed by atoms with van der Waals surface area (Å²) in [5.41, 5.74) is 4.00. The maximum atomic E-state index is 12.1. The number of nitrogens with zero attached hydrogens (tertiary/aromatic N) is 1. The second-order valence-corrected chi connectivity index (χ2v) is 12.6. The van der Waals surface area contributed by atoms with E-state index in [1.54, 1.807) is 0 Å². The normalized spacial score (nSPS) is 25.5. The van der Waals surface area contributed by atoms with E-state index in [0.717, 1.165) is 35.1 Å². The number of rotatable bonds is 16. The molecule has 9 heteroatoms. The third-order valence-electron chi connectivity index (χ3n) is 9.09. The van der Waals surface area contributed by atoms with Gasteiger partial charge in [0.2, 0.25) is 6.04 Å². The molecule has 258 valence electrons. The molecule has 0 bridgehead atoms. The molecule has 2 fully saturated rings. The van der Waals surface area contributed by atoms with E-state index in [1.165, 1.54) is 0 Å². The fraction of sp³-hybridized carbons (Fsp3) is 0.400. The Labute approximate surface area is 288 Å². The van der Waals surface area contributed by atoms with Crippen LogP contribution in [0.2, 0.25) is 0 Å². The van der Waals surface area contributed by atoms with E-state index in [-0.39, 0.29) is 18.1 Å². The van der Waals surface area contributed by atoms with Crippen LogP contribution in [-0.4, -0.2) is 54.4 Å². The van der Waals surface area contributed by atoms with Crippen LogP contribution in [0.3, 0.4) is 0 Å². The fourth-order valence-electron chi connectivity index (χ4n) is 6.51. The lowest BCUT2D eigenvalue weighted by Crippen LogP contribution is -2.62. The summed E-state index contributed by atoms with van der Waals surface area (Å²) in [6, 6.07) is 38.9. The van der Waals surface area contributed by atoms with Crippen molar-refractivity contribution < 1.29 is 33.3 Å². The number of ether oxygens (including phenoxy) is 6. The monoisotopic (exact) mass is 667 g/mol. The Kier molecular flexibility index (Phi) is 12.9. The molecule has 4 aromatic rings. The molecule has 7 atom stereocenters. The highest BCUT2D eigenvalue weighted by molar-refractivity contribution is 5.16. The largest absolute Gasteiger partial charge is 0.374 e. The van der Waals surface area contributed by atoms with E-state index in [4.69, 9.17) is 28.4 Å². The third-order valence-corrected chi connectivity index (χ3v) is 9.09. The molecule has 1 aliphatic heterocycles. The van der Waals surface area contributed by atoms with Crippen LogP contribution in [0.5, 0.6) is 0 Å². The van der Waals surface area contributed by atoms with Crippen LogP contribution in [0, 0.1) is 10.1 Å². The predicted octanol–water partition coefficient (Wildman–Crippen LogP) is 7.29. The molecule has 0 spiro atoms. The van der Waals surface area contributed by atoms with Crippen LogP contribution in [0.25, 0.3) is 0 Å². The lowest BCUT2D eigenvalue weighted by atomic mass is 9.92. The molecule has 0 radical (unpaired) electrons. The lowest BCUT2D eigenvalue weighted by molar-refractivity contribution is -0.543. The lowest BCUT2D eigenvalue weighted by Gasteiger charge is -2.47. The molecular formula is C40H45NO8. The Morgan fingerprint density at radius 1 is 0.592 bits per heavy atom. The molecule has 2 aliphatic rings. The van der Waals surface area contributed by atoms with Gasteiger partial charge in [0.1, 0.15) is 30.5 Å². The van der Waals surface area contributed by atoms with Gasteiger partial charge in [0, 0.05) is 11.3 Å². The first kappa shape index (κ1) is 34.9. The molecule has 1 heterocycles. The van der Waals surface area contributed by atoms with Gasteiger partial charge in [-0.1, -0.05) is 128 Å². The minimum Gasteiger partial charge on any atom is -0.374 e. The fourth-order valence-corrected chi connectivity index (χ4v) is 6.51. The van der Waals surface area contributed by atoms with Crippen molar-refractivity contribution in [3.8, 4) is 0 Å². The SMILES string of the molecule is O=[N+]([O-])[C@@H]1CCCC[C@@H]1O[C@H]1O[C@H](COCc2ccccc2)[C@@H](OCc2ccccc2)[C@H](OCc2ccccc2)[C@H]1OCc1ccccc1. The van der Waals surface area contributed by atoms with Crippen molar-refractivity contribution in [1.29, 1.82) is 0 Å². The van der Waals surface area contributed by atoms with Gasteiger partial charge < -0.3 is 28.4 Å². The first-order valence-corrected chi connectivity index (χ1v) is 17.2. The van der Waals surface area contributed by atoms with Crippen LogP contribution >= 0.6 is 0 Å². The van der Waals surface area contributed by atoms with Crippen molar-refractivity contribution in [2.45, 2.75) is 95.0 Å². The molecule has 0 N–H and O–H groups in total. The quantitative estimate of drug-likeness (QED) is 0.0908. The number of benzene rings is 4. The summed E-state index contributed by atoms with van der Waals surface area (Å²) in [6.45, 7) is 1.45. The zero-order valence-corrected chi connectivity index (χ0v) is 27.7. The molecular weight excluding hydrogens is 622 g/mol. The predicted molar refractivity (Wildman–Crippen MR) is 184 cm³/mol. The van der Waals surface area contributed by atoms with E-state index in [2.05, 4.69) is 0 Å². The van der Waals surface area contributed by atoms with E-state index >= 15 is 0 Å². The van der Waals surface area contributed by atoms with Gasteiger partial charge in [0.25, 0.3) is 0 Å². The van der Waals surface area contributed by atoms with Gasteiger partial charge in [-0.05, 0) is 35.1 Å². The number of hydrogen-bond acceptors (Lipinski definition) is 8. The van der Waals surface area contributed by atoms with Crippen LogP contribution in [0.15, 0.2) is 121 Å². The van der Waals surface area contributed by atoms with Gasteiger partial charge in [-0.15, -0.1) is 0 Å². The van der Waals surface area contributed by atoms with Crippen molar-refractivity contribution in [2.75, 3.05) is 6.61 Å². The average Bonchev–Trinajstić information content (AvgIpc) is 3.15. The van der Waals surface area contributed by atoms with Crippen LogP contribution < -0.4 is 0 Å². The summed E-state index contributed by atoms with van der Waals surface area (Å²) in [7, 11) is 0. The molecule has 0 amide bonds. The molecule has 0 aromatic heterocycles. The Morgan fingerprint density at radius 3 is 1.55 bits per heavy atom. The Bertz CT molecular complexity index is 1530. The van der Waals surface area contributed by atoms with Crippen LogP contribution in [-0.2, 0) is 54.8 Å². The van der Waals surface area contributed by atoms with Gasteiger partial charge >= 0.3 is 0 Å². The Hall–Kier alpha value is -3.96. The molecule has 9 nitrogen and oxygen atoms in total. The van der Waals surface area contributed by atoms with Crippen LogP contribution in [0.4, 0.5) is 0 Å². The summed E-state index contributed by atoms with van der Waals surface area (Å²) >= 11 is 0.